The SMILES string of the molecule is C=CCOC(=O)CC(=O)C(=O)OCC=C. The van der Waals surface area contributed by atoms with E-state index in [-0.39, 0.29) is 13.2 Å². The Morgan fingerprint density at radius 3 is 2.07 bits per heavy atom. The minimum atomic E-state index is -1.06. The van der Waals surface area contributed by atoms with Gasteiger partial charge >= 0.3 is 11.9 Å². The molecule has 0 atom stereocenters. The second kappa shape index (κ2) is 7.49. The molecule has 0 aliphatic rings. The summed E-state index contributed by atoms with van der Waals surface area (Å²) in [6, 6.07) is 0. The number of hydrogen-bond donors (Lipinski definition) is 0. The van der Waals surface area contributed by atoms with Crippen molar-refractivity contribution >= 4 is 17.7 Å². The molecule has 0 amide bonds. The van der Waals surface area contributed by atoms with E-state index in [2.05, 4.69) is 22.6 Å². The molecule has 0 spiro atoms. The lowest BCUT2D eigenvalue weighted by molar-refractivity contribution is -0.157. The summed E-state index contributed by atoms with van der Waals surface area (Å²) in [7, 11) is 0. The molecular formula is C10H12O5. The normalized spacial score (nSPS) is 8.80. The number of carbonyl (C=O) groups is 3. The zero-order valence-electron chi connectivity index (χ0n) is 8.23. The predicted octanol–water partition coefficient (Wildman–Crippen LogP) is 0.404. The van der Waals surface area contributed by atoms with E-state index in [1.54, 1.807) is 0 Å². The summed E-state index contributed by atoms with van der Waals surface area (Å²) in [6.45, 7) is 6.57. The van der Waals surface area contributed by atoms with E-state index < -0.39 is 24.1 Å². The van der Waals surface area contributed by atoms with Crippen LogP contribution in [0.3, 0.4) is 0 Å². The first-order chi connectivity index (χ1) is 7.11. The number of ketones is 1. The van der Waals surface area contributed by atoms with Crippen molar-refractivity contribution in [1.29, 1.82) is 0 Å². The van der Waals surface area contributed by atoms with Crippen LogP contribution < -0.4 is 0 Å². The predicted molar refractivity (Wildman–Crippen MR) is 51.9 cm³/mol. The molecule has 0 radical (unpaired) electrons. The van der Waals surface area contributed by atoms with E-state index in [4.69, 9.17) is 0 Å². The first-order valence-corrected chi connectivity index (χ1v) is 4.19. The quantitative estimate of drug-likeness (QED) is 0.264. The van der Waals surface area contributed by atoms with Gasteiger partial charge in [0.05, 0.1) is 0 Å². The number of ether oxygens (including phenoxy) is 2. The molecule has 0 aromatic heterocycles. The number of hydrogen-bond acceptors (Lipinski definition) is 5. The summed E-state index contributed by atoms with van der Waals surface area (Å²) in [6.07, 6.45) is 2.06. The van der Waals surface area contributed by atoms with Crippen LogP contribution in [0.5, 0.6) is 0 Å². The van der Waals surface area contributed by atoms with E-state index in [9.17, 15) is 14.4 Å². The van der Waals surface area contributed by atoms with Crippen LogP contribution in [0.4, 0.5) is 0 Å². The van der Waals surface area contributed by atoms with Crippen LogP contribution in [0.1, 0.15) is 6.42 Å². The summed E-state index contributed by atoms with van der Waals surface area (Å²) < 4.78 is 8.93. The van der Waals surface area contributed by atoms with Gasteiger partial charge in [0.15, 0.2) is 0 Å². The Balaban J connectivity index is 3.90. The summed E-state index contributed by atoms with van der Waals surface area (Å²) in [5, 5.41) is 0. The van der Waals surface area contributed by atoms with Gasteiger partial charge in [-0.3, -0.25) is 9.59 Å². The molecule has 0 saturated carbocycles. The Kier molecular flexibility index (Phi) is 6.54. The molecule has 0 aliphatic heterocycles. The molecule has 0 N–H and O–H groups in total. The standard InChI is InChI=1S/C10H12O5/c1-3-5-14-9(12)7-8(11)10(13)15-6-4-2/h3-4H,1-2,5-7H2. The van der Waals surface area contributed by atoms with Gasteiger partial charge in [0, 0.05) is 0 Å². The number of Topliss-reactive ketones (excluding diaryl/α,β-unsaturated/α-hetero) is 1. The van der Waals surface area contributed by atoms with Crippen LogP contribution in [0.15, 0.2) is 25.3 Å². The molecule has 0 aromatic rings. The van der Waals surface area contributed by atoms with Gasteiger partial charge in [0.1, 0.15) is 19.6 Å². The van der Waals surface area contributed by atoms with Crippen molar-refractivity contribution in [3.8, 4) is 0 Å². The van der Waals surface area contributed by atoms with Crippen LogP contribution in [-0.4, -0.2) is 30.9 Å². The Morgan fingerprint density at radius 1 is 1.00 bits per heavy atom. The zero-order chi connectivity index (χ0) is 11.7. The van der Waals surface area contributed by atoms with Gasteiger partial charge < -0.3 is 9.47 Å². The maximum Gasteiger partial charge on any atom is 0.375 e. The highest BCUT2D eigenvalue weighted by Crippen LogP contribution is 1.92. The van der Waals surface area contributed by atoms with Gasteiger partial charge in [-0.05, 0) is 0 Å². The van der Waals surface area contributed by atoms with Crippen LogP contribution in [-0.2, 0) is 23.9 Å². The first-order valence-electron chi connectivity index (χ1n) is 4.19. The number of esters is 2. The maximum atomic E-state index is 11.0. The fourth-order valence-corrected chi connectivity index (χ4v) is 0.621. The topological polar surface area (TPSA) is 69.7 Å². The molecule has 0 saturated heterocycles. The fraction of sp³-hybridized carbons (Fsp3) is 0.300. The van der Waals surface area contributed by atoms with Crippen molar-refractivity contribution in [1.82, 2.24) is 0 Å². The van der Waals surface area contributed by atoms with Crippen molar-refractivity contribution in [2.24, 2.45) is 0 Å². The molecule has 82 valence electrons. The lowest BCUT2D eigenvalue weighted by atomic mass is 10.3. The number of rotatable bonds is 7. The molecule has 0 aliphatic carbocycles. The van der Waals surface area contributed by atoms with Crippen molar-refractivity contribution < 1.29 is 23.9 Å². The molecule has 0 unspecified atom stereocenters. The highest BCUT2D eigenvalue weighted by molar-refractivity contribution is 6.36. The van der Waals surface area contributed by atoms with E-state index in [0.29, 0.717) is 0 Å². The minimum Gasteiger partial charge on any atom is -0.461 e. The lowest BCUT2D eigenvalue weighted by Gasteiger charge is -2.01. The van der Waals surface area contributed by atoms with Gasteiger partial charge in [-0.25, -0.2) is 4.79 Å². The van der Waals surface area contributed by atoms with E-state index in [1.165, 1.54) is 12.2 Å². The molecular weight excluding hydrogens is 200 g/mol. The zero-order valence-corrected chi connectivity index (χ0v) is 8.23. The Bertz CT molecular complexity index is 280. The third-order valence-corrected chi connectivity index (χ3v) is 1.23. The van der Waals surface area contributed by atoms with Crippen LogP contribution >= 0.6 is 0 Å². The summed E-state index contributed by atoms with van der Waals surface area (Å²) in [4.78, 5) is 32.7. The lowest BCUT2D eigenvalue weighted by Crippen LogP contribution is -2.21. The summed E-state index contributed by atoms with van der Waals surface area (Å²) in [5.41, 5.74) is 0. The Hall–Kier alpha value is -1.91. The van der Waals surface area contributed by atoms with Crippen LogP contribution in [0.25, 0.3) is 0 Å². The third kappa shape index (κ3) is 6.20. The molecule has 5 nitrogen and oxygen atoms in total. The van der Waals surface area contributed by atoms with E-state index in [0.717, 1.165) is 0 Å². The molecule has 0 fully saturated rings. The minimum absolute atomic E-state index is 0.00776. The van der Waals surface area contributed by atoms with Crippen LogP contribution in [0.2, 0.25) is 0 Å². The highest BCUT2D eigenvalue weighted by atomic mass is 16.5. The summed E-state index contributed by atoms with van der Waals surface area (Å²) >= 11 is 0. The smallest absolute Gasteiger partial charge is 0.375 e. The van der Waals surface area contributed by atoms with Gasteiger partial charge in [0.2, 0.25) is 0 Å². The highest BCUT2D eigenvalue weighted by Gasteiger charge is 2.19. The number of carbonyl (C=O) groups excluding carboxylic acids is 3. The largest absolute Gasteiger partial charge is 0.461 e. The maximum absolute atomic E-state index is 11.0. The average molecular weight is 212 g/mol. The molecule has 0 rings (SSSR count). The third-order valence-electron chi connectivity index (χ3n) is 1.23. The molecule has 15 heavy (non-hydrogen) atoms. The molecule has 0 aromatic carbocycles. The van der Waals surface area contributed by atoms with Gasteiger partial charge in [-0.15, -0.1) is 0 Å². The summed E-state index contributed by atoms with van der Waals surface area (Å²) in [5.74, 6) is -2.79. The van der Waals surface area contributed by atoms with Crippen LogP contribution in [0, 0.1) is 0 Å². The molecule has 0 bridgehead atoms. The average Bonchev–Trinajstić information content (AvgIpc) is 2.22. The second-order valence-corrected chi connectivity index (χ2v) is 2.46. The van der Waals surface area contributed by atoms with Gasteiger partial charge in [0.25, 0.3) is 5.78 Å². The first kappa shape index (κ1) is 13.1. The van der Waals surface area contributed by atoms with Crippen molar-refractivity contribution in [3.05, 3.63) is 25.3 Å². The van der Waals surface area contributed by atoms with Gasteiger partial charge in [-0.2, -0.15) is 0 Å². The van der Waals surface area contributed by atoms with Crippen molar-refractivity contribution in [2.45, 2.75) is 6.42 Å². The molecule has 5 heteroatoms. The fourth-order valence-electron chi connectivity index (χ4n) is 0.621. The Morgan fingerprint density at radius 2 is 1.53 bits per heavy atom. The van der Waals surface area contributed by atoms with Gasteiger partial charge in [-0.1, -0.05) is 25.3 Å². The van der Waals surface area contributed by atoms with E-state index in [1.807, 2.05) is 0 Å². The van der Waals surface area contributed by atoms with E-state index >= 15 is 0 Å². The molecule has 0 heterocycles. The van der Waals surface area contributed by atoms with Crippen molar-refractivity contribution in [3.63, 3.8) is 0 Å². The second-order valence-electron chi connectivity index (χ2n) is 2.46. The Labute approximate surface area is 87.4 Å². The van der Waals surface area contributed by atoms with Crippen molar-refractivity contribution in [2.75, 3.05) is 13.2 Å². The monoisotopic (exact) mass is 212 g/mol.